The van der Waals surface area contributed by atoms with E-state index in [1.54, 1.807) is 0 Å². The van der Waals surface area contributed by atoms with Crippen molar-refractivity contribution in [1.82, 2.24) is 30.5 Å². The molecule has 156 valence electrons. The maximum atomic E-state index is 15.0. The summed E-state index contributed by atoms with van der Waals surface area (Å²) in [5.74, 6) is 0.355. The average molecular weight is 427 g/mol. The van der Waals surface area contributed by atoms with Crippen LogP contribution in [0.5, 0.6) is 0 Å². The lowest BCUT2D eigenvalue weighted by Gasteiger charge is -2.28. The van der Waals surface area contributed by atoms with Gasteiger partial charge in [-0.25, -0.2) is 9.07 Å². The molecule has 0 bridgehead atoms. The van der Waals surface area contributed by atoms with Crippen molar-refractivity contribution >= 4 is 11.6 Å². The highest BCUT2D eigenvalue weighted by Gasteiger charge is 2.59. The second-order valence-corrected chi connectivity index (χ2v) is 9.25. The van der Waals surface area contributed by atoms with E-state index in [0.29, 0.717) is 11.7 Å². The Morgan fingerprint density at radius 1 is 1.20 bits per heavy atom. The Balaban J connectivity index is 1.53. The number of rotatable bonds is 6. The largest absolute Gasteiger partial charge is 0.298 e. The number of benzene rings is 1. The summed E-state index contributed by atoms with van der Waals surface area (Å²) in [5, 5.41) is 16.1. The van der Waals surface area contributed by atoms with Crippen molar-refractivity contribution in [3.63, 3.8) is 0 Å². The molecule has 0 spiro atoms. The highest BCUT2D eigenvalue weighted by molar-refractivity contribution is 6.30. The molecule has 6 nitrogen and oxygen atoms in total. The van der Waals surface area contributed by atoms with Crippen molar-refractivity contribution in [3.05, 3.63) is 70.5 Å². The van der Waals surface area contributed by atoms with E-state index in [1.807, 2.05) is 22.9 Å². The summed E-state index contributed by atoms with van der Waals surface area (Å²) in [6, 6.07) is 11.6. The van der Waals surface area contributed by atoms with Gasteiger partial charge in [-0.15, -0.1) is 5.10 Å². The molecule has 2 aliphatic carbocycles. The van der Waals surface area contributed by atoms with Crippen LogP contribution in [-0.2, 0) is 0 Å². The summed E-state index contributed by atoms with van der Waals surface area (Å²) in [5.41, 5.74) is 1.49. The van der Waals surface area contributed by atoms with E-state index >= 15 is 4.39 Å². The first-order valence-corrected chi connectivity index (χ1v) is 10.7. The van der Waals surface area contributed by atoms with Gasteiger partial charge < -0.3 is 0 Å². The third-order valence-electron chi connectivity index (χ3n) is 6.67. The van der Waals surface area contributed by atoms with E-state index in [0.717, 1.165) is 19.3 Å². The van der Waals surface area contributed by atoms with E-state index in [9.17, 15) is 0 Å². The molecule has 2 aliphatic rings. The first kappa shape index (κ1) is 19.6. The molecule has 1 aromatic carbocycles. The molecule has 3 atom stereocenters. The van der Waals surface area contributed by atoms with Crippen LogP contribution in [0.2, 0.25) is 5.02 Å². The Morgan fingerprint density at radius 3 is 2.67 bits per heavy atom. The van der Waals surface area contributed by atoms with Gasteiger partial charge in [-0.2, -0.15) is 0 Å². The van der Waals surface area contributed by atoms with Crippen molar-refractivity contribution in [2.24, 2.45) is 5.41 Å². The second kappa shape index (κ2) is 7.39. The topological polar surface area (TPSA) is 68.5 Å². The van der Waals surface area contributed by atoms with Gasteiger partial charge in [0.05, 0.1) is 11.1 Å². The molecule has 30 heavy (non-hydrogen) atoms. The normalized spacial score (nSPS) is 23.7. The fraction of sp³-hybridized carbons (Fsp3) is 0.455. The van der Waals surface area contributed by atoms with E-state index in [4.69, 9.17) is 11.6 Å². The van der Waals surface area contributed by atoms with Crippen LogP contribution in [0.1, 0.15) is 68.2 Å². The zero-order valence-corrected chi connectivity index (χ0v) is 17.7. The Morgan fingerprint density at radius 2 is 1.97 bits per heavy atom. The summed E-state index contributed by atoms with van der Waals surface area (Å²) in [7, 11) is 0. The number of nitrogens with zero attached hydrogens (tertiary/aromatic N) is 5. The number of aromatic nitrogens is 5. The lowest BCUT2D eigenvalue weighted by atomic mass is 9.93. The van der Waals surface area contributed by atoms with Gasteiger partial charge >= 0.3 is 0 Å². The number of hydrogen-bond donors (Lipinski definition) is 1. The molecular formula is C22H24ClFN6. The van der Waals surface area contributed by atoms with Crippen LogP contribution >= 0.6 is 11.6 Å². The molecule has 2 aromatic heterocycles. The summed E-state index contributed by atoms with van der Waals surface area (Å²) in [4.78, 5) is 4.34. The Labute approximate surface area is 179 Å². The SMILES string of the molecule is CC1(C)[C@@H](NC(c2nccc(Cl)c2F)c2nnnn2C2CCC2)[C@@H]1c1ccccc1. The quantitative estimate of drug-likeness (QED) is 0.630. The highest BCUT2D eigenvalue weighted by Crippen LogP contribution is 2.59. The first-order chi connectivity index (χ1) is 14.5. The van der Waals surface area contributed by atoms with Crippen molar-refractivity contribution in [1.29, 1.82) is 0 Å². The minimum Gasteiger partial charge on any atom is -0.298 e. The maximum absolute atomic E-state index is 15.0. The van der Waals surface area contributed by atoms with E-state index < -0.39 is 11.9 Å². The molecule has 8 heteroatoms. The van der Waals surface area contributed by atoms with Gasteiger partial charge in [0.15, 0.2) is 11.6 Å². The lowest BCUT2D eigenvalue weighted by molar-refractivity contribution is 0.270. The average Bonchev–Trinajstić information content (AvgIpc) is 3.00. The van der Waals surface area contributed by atoms with Gasteiger partial charge in [-0.3, -0.25) is 10.3 Å². The summed E-state index contributed by atoms with van der Waals surface area (Å²) >= 11 is 6.09. The van der Waals surface area contributed by atoms with Gasteiger partial charge in [0, 0.05) is 18.2 Å². The number of halogens is 2. The van der Waals surface area contributed by atoms with E-state index in [1.165, 1.54) is 17.8 Å². The predicted molar refractivity (Wildman–Crippen MR) is 112 cm³/mol. The summed E-state index contributed by atoms with van der Waals surface area (Å²) in [6.07, 6.45) is 4.73. The van der Waals surface area contributed by atoms with Crippen LogP contribution < -0.4 is 5.32 Å². The summed E-state index contributed by atoms with van der Waals surface area (Å²) in [6.45, 7) is 4.44. The van der Waals surface area contributed by atoms with Crippen molar-refractivity contribution in [2.45, 2.75) is 57.2 Å². The second-order valence-electron chi connectivity index (χ2n) is 8.85. The van der Waals surface area contributed by atoms with Crippen LogP contribution in [-0.4, -0.2) is 31.2 Å². The Hall–Kier alpha value is -2.38. The number of pyridine rings is 1. The van der Waals surface area contributed by atoms with Gasteiger partial charge in [0.2, 0.25) is 0 Å². The molecular weight excluding hydrogens is 403 g/mol. The van der Waals surface area contributed by atoms with Crippen LogP contribution in [0.15, 0.2) is 42.6 Å². The zero-order chi connectivity index (χ0) is 20.9. The monoisotopic (exact) mass is 426 g/mol. The summed E-state index contributed by atoms with van der Waals surface area (Å²) < 4.78 is 16.9. The molecule has 5 rings (SSSR count). The van der Waals surface area contributed by atoms with Crippen LogP contribution in [0, 0.1) is 11.2 Å². The molecule has 1 unspecified atom stereocenters. The maximum Gasteiger partial charge on any atom is 0.174 e. The molecule has 2 saturated carbocycles. The van der Waals surface area contributed by atoms with E-state index in [2.05, 4.69) is 51.8 Å². The molecule has 1 N–H and O–H groups in total. The third kappa shape index (κ3) is 3.20. The first-order valence-electron chi connectivity index (χ1n) is 10.4. The molecule has 0 amide bonds. The van der Waals surface area contributed by atoms with Crippen molar-refractivity contribution in [3.8, 4) is 0 Å². The van der Waals surface area contributed by atoms with Gasteiger partial charge in [0.1, 0.15) is 11.7 Å². The Kier molecular flexibility index (Phi) is 4.82. The molecule has 0 aliphatic heterocycles. The van der Waals surface area contributed by atoms with Crippen LogP contribution in [0.4, 0.5) is 4.39 Å². The predicted octanol–water partition coefficient (Wildman–Crippen LogP) is 4.46. The van der Waals surface area contributed by atoms with Crippen LogP contribution in [0.3, 0.4) is 0 Å². The molecule has 2 heterocycles. The number of hydrogen-bond acceptors (Lipinski definition) is 5. The third-order valence-corrected chi connectivity index (χ3v) is 6.96. The minimum atomic E-state index is -0.586. The molecule has 0 saturated heterocycles. The smallest absolute Gasteiger partial charge is 0.174 e. The lowest BCUT2D eigenvalue weighted by Crippen LogP contribution is -2.33. The number of nitrogens with one attached hydrogen (secondary N) is 1. The highest BCUT2D eigenvalue weighted by atomic mass is 35.5. The van der Waals surface area contributed by atoms with Gasteiger partial charge in [-0.1, -0.05) is 55.8 Å². The van der Waals surface area contributed by atoms with Gasteiger partial charge in [-0.05, 0) is 46.7 Å². The molecule has 2 fully saturated rings. The van der Waals surface area contributed by atoms with Crippen molar-refractivity contribution in [2.75, 3.05) is 0 Å². The fourth-order valence-electron chi connectivity index (χ4n) is 4.60. The zero-order valence-electron chi connectivity index (χ0n) is 17.0. The molecule has 0 radical (unpaired) electrons. The van der Waals surface area contributed by atoms with Crippen molar-refractivity contribution < 1.29 is 4.39 Å². The number of tetrazole rings is 1. The minimum absolute atomic E-state index is 0.00338. The fourth-order valence-corrected chi connectivity index (χ4v) is 4.76. The van der Waals surface area contributed by atoms with E-state index in [-0.39, 0.29) is 28.2 Å². The van der Waals surface area contributed by atoms with Gasteiger partial charge in [0.25, 0.3) is 0 Å². The Bertz CT molecular complexity index is 1050. The van der Waals surface area contributed by atoms with Crippen LogP contribution in [0.25, 0.3) is 0 Å². The molecule has 3 aromatic rings. The standard InChI is InChI=1S/C22H24ClFN6/c1-22(2)16(13-7-4-3-5-8-13)20(22)26-19(18-17(24)15(23)11-12-25-18)21-27-28-29-30(21)14-9-6-10-14/h3-5,7-8,11-12,14,16,19-20,26H,6,9-10H2,1-2H3/t16-,19?,20-/m0/s1.